The minimum absolute atomic E-state index is 0.0400. The first-order valence-electron chi connectivity index (χ1n) is 9.50. The molecule has 144 valence electrons. The number of fused-ring (bicyclic) bond motifs is 1. The molecular formula is C21H27N3O3. The molecule has 3 rings (SSSR count). The number of amides is 1. The Morgan fingerprint density at radius 2 is 1.81 bits per heavy atom. The van der Waals surface area contributed by atoms with E-state index in [0.717, 1.165) is 12.8 Å². The molecule has 2 heterocycles. The Kier molecular flexibility index (Phi) is 5.09. The van der Waals surface area contributed by atoms with Gasteiger partial charge >= 0.3 is 5.56 Å². The first-order chi connectivity index (χ1) is 12.8. The van der Waals surface area contributed by atoms with Crippen LogP contribution in [0.5, 0.6) is 5.75 Å². The van der Waals surface area contributed by atoms with E-state index in [1.165, 1.54) is 5.56 Å². The highest BCUT2D eigenvalue weighted by molar-refractivity contribution is 5.95. The first kappa shape index (κ1) is 19.1. The number of nitrogens with zero attached hydrogens (tertiary/aromatic N) is 3. The van der Waals surface area contributed by atoms with Crippen molar-refractivity contribution >= 4 is 5.91 Å². The van der Waals surface area contributed by atoms with Gasteiger partial charge in [0.15, 0.2) is 5.69 Å². The second-order valence-electron chi connectivity index (χ2n) is 7.44. The Balaban J connectivity index is 2.16. The van der Waals surface area contributed by atoms with Crippen LogP contribution in [-0.2, 0) is 18.4 Å². The lowest BCUT2D eigenvalue weighted by molar-refractivity contribution is 0.0660. The number of hydrogen-bond donors (Lipinski definition) is 1. The Morgan fingerprint density at radius 1 is 1.19 bits per heavy atom. The number of hydrogen-bond acceptors (Lipinski definition) is 4. The van der Waals surface area contributed by atoms with Crippen LogP contribution in [0.2, 0.25) is 0 Å². The fourth-order valence-corrected chi connectivity index (χ4v) is 4.00. The van der Waals surface area contributed by atoms with Crippen LogP contribution in [-0.4, -0.2) is 38.6 Å². The Bertz CT molecular complexity index is 901. The van der Waals surface area contributed by atoms with Crippen LogP contribution in [0.3, 0.4) is 0 Å². The predicted octanol–water partition coefficient (Wildman–Crippen LogP) is 2.72. The molecule has 1 unspecified atom stereocenters. The Morgan fingerprint density at radius 3 is 2.41 bits per heavy atom. The molecule has 27 heavy (non-hydrogen) atoms. The lowest BCUT2D eigenvalue weighted by atomic mass is 9.73. The summed E-state index contributed by atoms with van der Waals surface area (Å²) < 4.78 is 1.74. The van der Waals surface area contributed by atoms with Gasteiger partial charge in [-0.25, -0.2) is 0 Å². The van der Waals surface area contributed by atoms with Gasteiger partial charge in [-0.1, -0.05) is 44.2 Å². The molecule has 0 spiro atoms. The Labute approximate surface area is 159 Å². The van der Waals surface area contributed by atoms with Crippen LogP contribution in [0.25, 0.3) is 0 Å². The number of rotatable bonds is 5. The number of carbonyl (C=O) groups excluding carboxylic acids is 1. The van der Waals surface area contributed by atoms with Crippen molar-refractivity contribution in [3.63, 3.8) is 0 Å². The molecule has 0 fully saturated rings. The van der Waals surface area contributed by atoms with Crippen molar-refractivity contribution in [2.45, 2.75) is 58.0 Å². The fraction of sp³-hybridized carbons (Fsp3) is 0.476. The zero-order valence-corrected chi connectivity index (χ0v) is 16.4. The highest BCUT2D eigenvalue weighted by Crippen LogP contribution is 2.35. The molecule has 1 N–H and O–H groups in total. The number of aromatic hydroxyl groups is 1. The van der Waals surface area contributed by atoms with E-state index in [9.17, 15) is 14.7 Å². The summed E-state index contributed by atoms with van der Waals surface area (Å²) in [6.45, 7) is 6.72. The van der Waals surface area contributed by atoms with Gasteiger partial charge in [-0.15, -0.1) is 0 Å². The van der Waals surface area contributed by atoms with E-state index < -0.39 is 11.3 Å². The van der Waals surface area contributed by atoms with Gasteiger partial charge in [0, 0.05) is 31.5 Å². The van der Waals surface area contributed by atoms with Crippen LogP contribution in [0.4, 0.5) is 0 Å². The second-order valence-corrected chi connectivity index (χ2v) is 7.44. The van der Waals surface area contributed by atoms with Gasteiger partial charge in [0.25, 0.3) is 5.91 Å². The van der Waals surface area contributed by atoms with Crippen LogP contribution in [0.15, 0.2) is 35.1 Å². The summed E-state index contributed by atoms with van der Waals surface area (Å²) in [5.74, 6) is -0.334. The van der Waals surface area contributed by atoms with Gasteiger partial charge in [-0.05, 0) is 25.3 Å². The molecule has 0 bridgehead atoms. The van der Waals surface area contributed by atoms with Crippen LogP contribution >= 0.6 is 0 Å². The topological polar surface area (TPSA) is 75.4 Å². The third-order valence-corrected chi connectivity index (χ3v) is 6.11. The van der Waals surface area contributed by atoms with Crippen molar-refractivity contribution < 1.29 is 9.90 Å². The third kappa shape index (κ3) is 3.13. The number of carbonyl (C=O) groups is 1. The van der Waals surface area contributed by atoms with Crippen molar-refractivity contribution in [3.05, 3.63) is 57.8 Å². The maximum atomic E-state index is 12.7. The summed E-state index contributed by atoms with van der Waals surface area (Å²) in [7, 11) is 1.69. The highest BCUT2D eigenvalue weighted by atomic mass is 16.3. The van der Waals surface area contributed by atoms with Crippen LogP contribution in [0, 0.1) is 0 Å². The van der Waals surface area contributed by atoms with E-state index in [2.05, 4.69) is 31.0 Å². The summed E-state index contributed by atoms with van der Waals surface area (Å²) in [5, 5.41) is 10.2. The summed E-state index contributed by atoms with van der Waals surface area (Å²) in [4.78, 5) is 30.7. The zero-order chi connectivity index (χ0) is 19.8. The minimum atomic E-state index is -0.735. The molecule has 0 saturated carbocycles. The third-order valence-electron chi connectivity index (χ3n) is 6.11. The molecule has 6 heteroatoms. The molecule has 0 saturated heterocycles. The molecule has 1 aliphatic rings. The van der Waals surface area contributed by atoms with E-state index in [1.807, 2.05) is 25.1 Å². The number of benzene rings is 1. The van der Waals surface area contributed by atoms with Gasteiger partial charge in [-0.2, -0.15) is 4.98 Å². The number of likely N-dealkylation sites (N-methyl/N-ethyl adjacent to an activating group) is 1. The molecule has 1 aliphatic heterocycles. The fourth-order valence-electron chi connectivity index (χ4n) is 4.00. The van der Waals surface area contributed by atoms with Crippen LogP contribution in [0.1, 0.15) is 55.5 Å². The van der Waals surface area contributed by atoms with Gasteiger partial charge in [-0.3, -0.25) is 9.59 Å². The van der Waals surface area contributed by atoms with E-state index in [4.69, 9.17) is 0 Å². The lowest BCUT2D eigenvalue weighted by Crippen LogP contribution is -2.47. The van der Waals surface area contributed by atoms with Gasteiger partial charge in [0.05, 0.1) is 0 Å². The lowest BCUT2D eigenvalue weighted by Gasteiger charge is -2.37. The normalized spacial score (nSPS) is 17.1. The van der Waals surface area contributed by atoms with E-state index in [0.29, 0.717) is 18.8 Å². The van der Waals surface area contributed by atoms with Crippen molar-refractivity contribution in [1.82, 2.24) is 14.5 Å². The summed E-state index contributed by atoms with van der Waals surface area (Å²) in [6.07, 6.45) is 2.29. The molecule has 6 nitrogen and oxygen atoms in total. The van der Waals surface area contributed by atoms with Gasteiger partial charge in [0.1, 0.15) is 5.82 Å². The average Bonchev–Trinajstić information content (AvgIpc) is 2.68. The molecule has 0 aliphatic carbocycles. The molecule has 1 atom stereocenters. The monoisotopic (exact) mass is 369 g/mol. The van der Waals surface area contributed by atoms with Gasteiger partial charge in [0.2, 0.25) is 5.75 Å². The van der Waals surface area contributed by atoms with E-state index in [-0.39, 0.29) is 23.1 Å². The largest absolute Gasteiger partial charge is 0.501 e. The van der Waals surface area contributed by atoms with E-state index >= 15 is 0 Å². The van der Waals surface area contributed by atoms with Crippen molar-refractivity contribution in [2.75, 3.05) is 7.05 Å². The van der Waals surface area contributed by atoms with Crippen LogP contribution < -0.4 is 5.56 Å². The highest BCUT2D eigenvalue weighted by Gasteiger charge is 2.36. The second kappa shape index (κ2) is 7.18. The molecule has 1 amide bonds. The smallest absolute Gasteiger partial charge is 0.315 e. The average molecular weight is 369 g/mol. The quantitative estimate of drug-likeness (QED) is 0.879. The van der Waals surface area contributed by atoms with Crippen molar-refractivity contribution in [3.8, 4) is 5.75 Å². The summed E-state index contributed by atoms with van der Waals surface area (Å²) in [6, 6.07) is 10.2. The van der Waals surface area contributed by atoms with Crippen molar-refractivity contribution in [2.24, 2.45) is 0 Å². The standard InChI is InChI=1S/C21H27N3O3/c1-5-21(6-2,15-10-8-7-9-11-15)12-16-22-19(26)18(25)17-20(27)23(4)14(3)13-24(16)17/h7-11,14,25H,5-6,12-13H2,1-4H3. The first-order valence-corrected chi connectivity index (χ1v) is 9.50. The molecular weight excluding hydrogens is 342 g/mol. The van der Waals surface area contributed by atoms with Crippen molar-refractivity contribution in [1.29, 1.82) is 0 Å². The Hall–Kier alpha value is -2.63. The summed E-state index contributed by atoms with van der Waals surface area (Å²) >= 11 is 0. The molecule has 1 aromatic carbocycles. The zero-order valence-electron chi connectivity index (χ0n) is 16.4. The maximum Gasteiger partial charge on any atom is 0.315 e. The predicted molar refractivity (Wildman–Crippen MR) is 104 cm³/mol. The molecule has 2 aromatic rings. The number of aromatic nitrogens is 2. The molecule has 0 radical (unpaired) electrons. The summed E-state index contributed by atoms with van der Waals surface area (Å²) in [5.41, 5.74) is 0.328. The minimum Gasteiger partial charge on any atom is -0.501 e. The molecule has 1 aromatic heterocycles. The van der Waals surface area contributed by atoms with Gasteiger partial charge < -0.3 is 14.6 Å². The SMILES string of the molecule is CCC(CC)(Cc1nc(=O)c(O)c2n1CC(C)N(C)C2=O)c1ccccc1. The maximum absolute atomic E-state index is 12.7. The van der Waals surface area contributed by atoms with E-state index in [1.54, 1.807) is 16.5 Å².